The first kappa shape index (κ1) is 16.7. The number of nitro benzene ring substituents is 1. The minimum Gasteiger partial charge on any atom is -0.491 e. The third-order valence-electron chi connectivity index (χ3n) is 2.99. The van der Waals surface area contributed by atoms with Crippen molar-refractivity contribution in [3.8, 4) is 11.5 Å². The molecule has 0 heterocycles. The Kier molecular flexibility index (Phi) is 5.48. The molecule has 0 fully saturated rings. The zero-order valence-electron chi connectivity index (χ0n) is 12.2. The first-order chi connectivity index (χ1) is 9.84. The summed E-state index contributed by atoms with van der Waals surface area (Å²) in [6.07, 6.45) is 0. The number of methoxy groups -OCH3 is 1. The summed E-state index contributed by atoms with van der Waals surface area (Å²) in [4.78, 5) is 21.8. The zero-order valence-corrected chi connectivity index (χ0v) is 12.2. The fraction of sp³-hybridized carbons (Fsp3) is 0.462. The Labute approximate surface area is 122 Å². The molecule has 1 amide bonds. The summed E-state index contributed by atoms with van der Waals surface area (Å²) in [5.74, 6) is -0.170. The number of likely N-dealkylation sites (N-methyl/N-ethyl adjacent to an activating group) is 1. The number of nitro groups is 1. The van der Waals surface area contributed by atoms with Gasteiger partial charge in [-0.25, -0.2) is 0 Å². The molecule has 0 aliphatic rings. The lowest BCUT2D eigenvalue weighted by Gasteiger charge is -2.26. The van der Waals surface area contributed by atoms with Crippen LogP contribution in [0.4, 0.5) is 5.69 Å². The Morgan fingerprint density at radius 2 is 2.19 bits per heavy atom. The molecule has 8 nitrogen and oxygen atoms in total. The number of hydrogen-bond donors (Lipinski definition) is 2. The second kappa shape index (κ2) is 6.89. The van der Waals surface area contributed by atoms with Crippen molar-refractivity contribution in [3.05, 3.63) is 28.3 Å². The highest BCUT2D eigenvalue weighted by Gasteiger charge is 2.31. The third-order valence-corrected chi connectivity index (χ3v) is 2.99. The van der Waals surface area contributed by atoms with Gasteiger partial charge in [-0.1, -0.05) is 6.92 Å². The lowest BCUT2D eigenvalue weighted by atomic mass is 10.0. The smallest absolute Gasteiger partial charge is 0.314 e. The maximum Gasteiger partial charge on any atom is 0.314 e. The van der Waals surface area contributed by atoms with Crippen LogP contribution in [0.2, 0.25) is 0 Å². The summed E-state index contributed by atoms with van der Waals surface area (Å²) >= 11 is 0. The number of carbonyl (C=O) groups is 1. The van der Waals surface area contributed by atoms with Gasteiger partial charge in [0, 0.05) is 0 Å². The number of ether oxygens (including phenoxy) is 2. The molecular weight excluding hydrogens is 278 g/mol. The normalized spacial score (nSPS) is 13.3. The average Bonchev–Trinajstić information content (AvgIpc) is 2.44. The highest BCUT2D eigenvalue weighted by atomic mass is 16.6. The molecule has 0 aliphatic carbocycles. The number of nitrogens with one attached hydrogen (secondary N) is 1. The molecule has 1 rings (SSSR count). The van der Waals surface area contributed by atoms with E-state index in [4.69, 9.17) is 15.2 Å². The average molecular weight is 297 g/mol. The summed E-state index contributed by atoms with van der Waals surface area (Å²) in [5.41, 5.74) is 4.07. The van der Waals surface area contributed by atoms with Crippen LogP contribution in [0.3, 0.4) is 0 Å². The summed E-state index contributed by atoms with van der Waals surface area (Å²) < 4.78 is 10.4. The molecule has 0 aliphatic heterocycles. The number of nitrogens with two attached hydrogens (primary N) is 1. The molecule has 3 N–H and O–H groups in total. The predicted octanol–water partition coefficient (Wildman–Crippen LogP) is 0.836. The monoisotopic (exact) mass is 297 g/mol. The maximum absolute atomic E-state index is 11.5. The Balaban J connectivity index is 2.91. The Hall–Kier alpha value is -2.35. The van der Waals surface area contributed by atoms with E-state index < -0.39 is 16.4 Å². The molecule has 0 spiro atoms. The van der Waals surface area contributed by atoms with Gasteiger partial charge in [0.1, 0.15) is 17.9 Å². The van der Waals surface area contributed by atoms with Gasteiger partial charge in [0.2, 0.25) is 5.91 Å². The van der Waals surface area contributed by atoms with Gasteiger partial charge in [-0.05, 0) is 25.6 Å². The SMILES string of the molecule is CCNC(C)(COc1ccc(OC)c([N+](=O)[O-])c1)C(N)=O. The number of carbonyl (C=O) groups excluding carboxylic acids is 1. The van der Waals surface area contributed by atoms with Gasteiger partial charge in [-0.3, -0.25) is 14.9 Å². The Morgan fingerprint density at radius 1 is 1.52 bits per heavy atom. The van der Waals surface area contributed by atoms with Crippen molar-refractivity contribution in [1.82, 2.24) is 5.32 Å². The van der Waals surface area contributed by atoms with Crippen LogP contribution in [0, 0.1) is 10.1 Å². The van der Waals surface area contributed by atoms with Gasteiger partial charge < -0.3 is 20.5 Å². The van der Waals surface area contributed by atoms with E-state index in [0.29, 0.717) is 6.54 Å². The first-order valence-electron chi connectivity index (χ1n) is 6.34. The van der Waals surface area contributed by atoms with E-state index in [9.17, 15) is 14.9 Å². The fourth-order valence-electron chi connectivity index (χ4n) is 1.73. The van der Waals surface area contributed by atoms with Crippen LogP contribution in [0.25, 0.3) is 0 Å². The quantitative estimate of drug-likeness (QED) is 0.542. The molecule has 0 aromatic heterocycles. The van der Waals surface area contributed by atoms with Crippen molar-refractivity contribution in [2.75, 3.05) is 20.3 Å². The summed E-state index contributed by atoms with van der Waals surface area (Å²) in [7, 11) is 1.35. The first-order valence-corrected chi connectivity index (χ1v) is 6.34. The molecule has 1 aromatic carbocycles. The van der Waals surface area contributed by atoms with E-state index in [1.54, 1.807) is 6.92 Å². The highest BCUT2D eigenvalue weighted by molar-refractivity contribution is 5.84. The van der Waals surface area contributed by atoms with Gasteiger partial charge in [0.05, 0.1) is 18.1 Å². The number of hydrogen-bond acceptors (Lipinski definition) is 6. The topological polar surface area (TPSA) is 117 Å². The Bertz CT molecular complexity index is 535. The fourth-order valence-corrected chi connectivity index (χ4v) is 1.73. The van der Waals surface area contributed by atoms with Gasteiger partial charge in [-0.15, -0.1) is 0 Å². The summed E-state index contributed by atoms with van der Waals surface area (Å²) in [6.45, 7) is 3.93. The molecule has 116 valence electrons. The van der Waals surface area contributed by atoms with E-state index in [-0.39, 0.29) is 23.8 Å². The molecule has 0 saturated heterocycles. The van der Waals surface area contributed by atoms with E-state index in [2.05, 4.69) is 5.32 Å². The van der Waals surface area contributed by atoms with E-state index >= 15 is 0 Å². The molecule has 0 saturated carbocycles. The minimum atomic E-state index is -1.05. The van der Waals surface area contributed by atoms with Crippen LogP contribution < -0.4 is 20.5 Å². The molecule has 21 heavy (non-hydrogen) atoms. The predicted molar refractivity (Wildman–Crippen MR) is 76.4 cm³/mol. The number of nitrogens with zero attached hydrogens (tertiary/aromatic N) is 1. The van der Waals surface area contributed by atoms with Crippen molar-refractivity contribution in [2.45, 2.75) is 19.4 Å². The van der Waals surface area contributed by atoms with Crippen LogP contribution in [-0.2, 0) is 4.79 Å². The van der Waals surface area contributed by atoms with Crippen molar-refractivity contribution in [2.24, 2.45) is 5.73 Å². The lowest BCUT2D eigenvalue weighted by molar-refractivity contribution is -0.385. The standard InChI is InChI=1S/C13H19N3O5/c1-4-15-13(2,12(14)17)8-21-9-5-6-11(20-3)10(7-9)16(18)19/h5-7,15H,4,8H2,1-3H3,(H2,14,17). The molecule has 1 unspecified atom stereocenters. The highest BCUT2D eigenvalue weighted by Crippen LogP contribution is 2.31. The zero-order chi connectivity index (χ0) is 16.0. The van der Waals surface area contributed by atoms with Gasteiger partial charge in [-0.2, -0.15) is 0 Å². The van der Waals surface area contributed by atoms with Gasteiger partial charge >= 0.3 is 5.69 Å². The second-order valence-corrected chi connectivity index (χ2v) is 4.61. The number of benzene rings is 1. The van der Waals surface area contributed by atoms with Crippen molar-refractivity contribution in [1.29, 1.82) is 0 Å². The van der Waals surface area contributed by atoms with Crippen molar-refractivity contribution >= 4 is 11.6 Å². The van der Waals surface area contributed by atoms with Crippen molar-refractivity contribution < 1.29 is 19.2 Å². The number of rotatable bonds is 8. The van der Waals surface area contributed by atoms with Crippen molar-refractivity contribution in [3.63, 3.8) is 0 Å². The largest absolute Gasteiger partial charge is 0.491 e. The molecule has 1 atom stereocenters. The summed E-state index contributed by atoms with van der Waals surface area (Å²) in [6, 6.07) is 4.20. The van der Waals surface area contributed by atoms with E-state index in [0.717, 1.165) is 0 Å². The van der Waals surface area contributed by atoms with E-state index in [1.807, 2.05) is 6.92 Å². The maximum atomic E-state index is 11.5. The van der Waals surface area contributed by atoms with Crippen LogP contribution >= 0.6 is 0 Å². The molecule has 8 heteroatoms. The second-order valence-electron chi connectivity index (χ2n) is 4.61. The molecule has 1 aromatic rings. The molecule has 0 radical (unpaired) electrons. The van der Waals surface area contributed by atoms with E-state index in [1.165, 1.54) is 25.3 Å². The van der Waals surface area contributed by atoms with Gasteiger partial charge in [0.25, 0.3) is 0 Å². The van der Waals surface area contributed by atoms with Crippen LogP contribution in [0.5, 0.6) is 11.5 Å². The number of primary amides is 1. The van der Waals surface area contributed by atoms with Crippen LogP contribution in [0.15, 0.2) is 18.2 Å². The summed E-state index contributed by atoms with van der Waals surface area (Å²) in [5, 5.41) is 13.9. The lowest BCUT2D eigenvalue weighted by Crippen LogP contribution is -2.57. The van der Waals surface area contributed by atoms with Gasteiger partial charge in [0.15, 0.2) is 5.75 Å². The Morgan fingerprint density at radius 3 is 2.67 bits per heavy atom. The number of amides is 1. The molecule has 0 bridgehead atoms. The molecular formula is C13H19N3O5. The van der Waals surface area contributed by atoms with Crippen LogP contribution in [0.1, 0.15) is 13.8 Å². The minimum absolute atomic E-state index is 0.0420. The van der Waals surface area contributed by atoms with Crippen LogP contribution in [-0.4, -0.2) is 36.6 Å². The third kappa shape index (κ3) is 4.06.